The highest BCUT2D eigenvalue weighted by atomic mass is 16.5. The van der Waals surface area contributed by atoms with Gasteiger partial charge in [0.15, 0.2) is 0 Å². The zero-order valence-electron chi connectivity index (χ0n) is 17.3. The van der Waals surface area contributed by atoms with Crippen LogP contribution in [0, 0.1) is 0 Å². The summed E-state index contributed by atoms with van der Waals surface area (Å²) < 4.78 is 12.1. The Bertz CT molecular complexity index is 803. The standard InChI is InChI=1S/C24H30N2O3/c1-19-23(27)26(21-11-7-4-8-12-21)18-24(29-19)13-15-25(16-14-24)22(28-2)17-20-9-5-3-6-10-20/h3-12,19,22H,13-18H2,1-2H3. The number of benzene rings is 2. The zero-order valence-corrected chi connectivity index (χ0v) is 17.3. The van der Waals surface area contributed by atoms with E-state index in [1.165, 1.54) is 5.56 Å². The minimum atomic E-state index is -0.418. The van der Waals surface area contributed by atoms with Gasteiger partial charge >= 0.3 is 0 Å². The molecule has 0 saturated carbocycles. The lowest BCUT2D eigenvalue weighted by molar-refractivity contribution is -0.167. The number of morpholine rings is 1. The lowest BCUT2D eigenvalue weighted by atomic mass is 9.87. The van der Waals surface area contributed by atoms with Crippen LogP contribution in [0.5, 0.6) is 0 Å². The van der Waals surface area contributed by atoms with Gasteiger partial charge in [-0.05, 0) is 37.5 Å². The van der Waals surface area contributed by atoms with Gasteiger partial charge in [-0.3, -0.25) is 9.69 Å². The molecular weight excluding hydrogens is 364 g/mol. The van der Waals surface area contributed by atoms with Crippen molar-refractivity contribution in [2.45, 2.75) is 44.1 Å². The first-order valence-corrected chi connectivity index (χ1v) is 10.5. The van der Waals surface area contributed by atoms with Crippen molar-refractivity contribution in [1.29, 1.82) is 0 Å². The van der Waals surface area contributed by atoms with Gasteiger partial charge in [0.2, 0.25) is 0 Å². The van der Waals surface area contributed by atoms with Crippen molar-refractivity contribution >= 4 is 11.6 Å². The van der Waals surface area contributed by atoms with Crippen molar-refractivity contribution in [3.63, 3.8) is 0 Å². The first-order chi connectivity index (χ1) is 14.1. The summed E-state index contributed by atoms with van der Waals surface area (Å²) in [6, 6.07) is 20.4. The Morgan fingerprint density at radius 2 is 1.69 bits per heavy atom. The van der Waals surface area contributed by atoms with Gasteiger partial charge in [-0.1, -0.05) is 48.5 Å². The van der Waals surface area contributed by atoms with Crippen LogP contribution in [0.15, 0.2) is 60.7 Å². The van der Waals surface area contributed by atoms with E-state index in [0.29, 0.717) is 6.54 Å². The molecule has 0 aromatic heterocycles. The molecule has 0 radical (unpaired) electrons. The molecule has 0 N–H and O–H groups in total. The topological polar surface area (TPSA) is 42.0 Å². The number of amides is 1. The van der Waals surface area contributed by atoms with Gasteiger partial charge in [-0.15, -0.1) is 0 Å². The molecule has 2 atom stereocenters. The lowest BCUT2D eigenvalue weighted by Gasteiger charge is -2.49. The number of methoxy groups -OCH3 is 1. The SMILES string of the molecule is COC(Cc1ccccc1)N1CCC2(CC1)CN(c1ccccc1)C(=O)C(C)O2. The second-order valence-electron chi connectivity index (χ2n) is 8.12. The van der Waals surface area contributed by atoms with Crippen LogP contribution in [0.4, 0.5) is 5.69 Å². The van der Waals surface area contributed by atoms with Gasteiger partial charge in [0.05, 0.1) is 12.1 Å². The second-order valence-corrected chi connectivity index (χ2v) is 8.12. The normalized spacial score (nSPS) is 23.3. The molecule has 5 nitrogen and oxygen atoms in total. The maximum absolute atomic E-state index is 12.7. The summed E-state index contributed by atoms with van der Waals surface area (Å²) in [5, 5.41) is 0. The summed E-state index contributed by atoms with van der Waals surface area (Å²) >= 11 is 0. The number of nitrogens with zero attached hydrogens (tertiary/aromatic N) is 2. The average molecular weight is 395 g/mol. The van der Waals surface area contributed by atoms with E-state index in [9.17, 15) is 4.79 Å². The first kappa shape index (κ1) is 20.1. The highest BCUT2D eigenvalue weighted by Crippen LogP contribution is 2.35. The van der Waals surface area contributed by atoms with E-state index in [-0.39, 0.29) is 17.7 Å². The number of hydrogen-bond donors (Lipinski definition) is 0. The molecule has 2 aliphatic heterocycles. The van der Waals surface area contributed by atoms with Crippen molar-refractivity contribution in [2.75, 3.05) is 31.6 Å². The van der Waals surface area contributed by atoms with E-state index < -0.39 is 6.10 Å². The molecule has 154 valence electrons. The largest absolute Gasteiger partial charge is 0.366 e. The van der Waals surface area contributed by atoms with Gasteiger partial charge < -0.3 is 14.4 Å². The van der Waals surface area contributed by atoms with Crippen molar-refractivity contribution in [1.82, 2.24) is 4.90 Å². The Labute approximate surface area is 173 Å². The van der Waals surface area contributed by atoms with Gasteiger partial charge in [0.1, 0.15) is 12.3 Å². The maximum Gasteiger partial charge on any atom is 0.255 e. The number of ether oxygens (including phenoxy) is 2. The second kappa shape index (κ2) is 8.66. The third-order valence-electron chi connectivity index (χ3n) is 6.20. The predicted molar refractivity (Wildman–Crippen MR) is 114 cm³/mol. The monoisotopic (exact) mass is 394 g/mol. The van der Waals surface area contributed by atoms with E-state index in [0.717, 1.165) is 38.0 Å². The molecule has 0 aliphatic carbocycles. The summed E-state index contributed by atoms with van der Waals surface area (Å²) in [6.45, 7) is 4.28. The Morgan fingerprint density at radius 1 is 1.07 bits per heavy atom. The summed E-state index contributed by atoms with van der Waals surface area (Å²) in [7, 11) is 1.78. The molecule has 1 spiro atoms. The smallest absolute Gasteiger partial charge is 0.255 e. The predicted octanol–water partition coefficient (Wildman–Crippen LogP) is 3.49. The minimum absolute atomic E-state index is 0.0445. The van der Waals surface area contributed by atoms with E-state index in [1.54, 1.807) is 7.11 Å². The molecule has 2 aliphatic rings. The van der Waals surface area contributed by atoms with Crippen LogP contribution in [0.2, 0.25) is 0 Å². The third kappa shape index (κ3) is 4.37. The molecule has 2 unspecified atom stereocenters. The first-order valence-electron chi connectivity index (χ1n) is 10.5. The van der Waals surface area contributed by atoms with Crippen LogP contribution in [0.25, 0.3) is 0 Å². The Morgan fingerprint density at radius 3 is 2.31 bits per heavy atom. The Hall–Kier alpha value is -2.21. The van der Waals surface area contributed by atoms with Gasteiger partial charge in [0.25, 0.3) is 5.91 Å². The molecule has 2 saturated heterocycles. The van der Waals surface area contributed by atoms with E-state index in [4.69, 9.17) is 9.47 Å². The van der Waals surface area contributed by atoms with Crippen LogP contribution in [0.3, 0.4) is 0 Å². The van der Waals surface area contributed by atoms with Gasteiger partial charge in [-0.25, -0.2) is 0 Å². The summed E-state index contributed by atoms with van der Waals surface area (Å²) in [4.78, 5) is 17.0. The van der Waals surface area contributed by atoms with Gasteiger partial charge in [0, 0.05) is 32.3 Å². The van der Waals surface area contributed by atoms with Crippen LogP contribution in [-0.4, -0.2) is 55.5 Å². The van der Waals surface area contributed by atoms with Gasteiger partial charge in [-0.2, -0.15) is 0 Å². The molecule has 2 aromatic carbocycles. The average Bonchev–Trinajstić information content (AvgIpc) is 2.77. The molecule has 0 bridgehead atoms. The van der Waals surface area contributed by atoms with Crippen molar-refractivity contribution in [3.8, 4) is 0 Å². The molecule has 4 rings (SSSR count). The summed E-state index contributed by atoms with van der Waals surface area (Å²) in [5.74, 6) is 0.0445. The molecule has 29 heavy (non-hydrogen) atoms. The number of likely N-dealkylation sites (tertiary alicyclic amines) is 1. The number of rotatable bonds is 5. The van der Waals surface area contributed by atoms with Crippen LogP contribution >= 0.6 is 0 Å². The van der Waals surface area contributed by atoms with Crippen molar-refractivity contribution < 1.29 is 14.3 Å². The fraction of sp³-hybridized carbons (Fsp3) is 0.458. The fourth-order valence-corrected chi connectivity index (χ4v) is 4.55. The van der Waals surface area contributed by atoms with Crippen LogP contribution in [-0.2, 0) is 20.7 Å². The van der Waals surface area contributed by atoms with Crippen LogP contribution in [0.1, 0.15) is 25.3 Å². The number of para-hydroxylation sites is 1. The molecule has 2 fully saturated rings. The summed E-state index contributed by atoms with van der Waals surface area (Å²) in [5.41, 5.74) is 1.95. The number of anilines is 1. The third-order valence-corrected chi connectivity index (χ3v) is 6.20. The summed E-state index contributed by atoms with van der Waals surface area (Å²) in [6.07, 6.45) is 2.29. The van der Waals surface area contributed by atoms with Crippen molar-refractivity contribution in [3.05, 3.63) is 66.2 Å². The Kier molecular flexibility index (Phi) is 5.99. The quantitative estimate of drug-likeness (QED) is 0.779. The zero-order chi connectivity index (χ0) is 20.3. The molecule has 5 heteroatoms. The highest BCUT2D eigenvalue weighted by molar-refractivity contribution is 5.97. The number of hydrogen-bond acceptors (Lipinski definition) is 4. The highest BCUT2D eigenvalue weighted by Gasteiger charge is 2.46. The number of carbonyl (C=O) groups excluding carboxylic acids is 1. The number of piperidine rings is 1. The maximum atomic E-state index is 12.7. The molecular formula is C24H30N2O3. The van der Waals surface area contributed by atoms with Crippen LogP contribution < -0.4 is 4.90 Å². The molecule has 2 aromatic rings. The molecule has 1 amide bonds. The Balaban J connectivity index is 1.44. The van der Waals surface area contributed by atoms with E-state index in [1.807, 2.05) is 48.2 Å². The lowest BCUT2D eigenvalue weighted by Crippen LogP contribution is -2.62. The minimum Gasteiger partial charge on any atom is -0.366 e. The van der Waals surface area contributed by atoms with Crippen molar-refractivity contribution in [2.24, 2.45) is 0 Å². The number of carbonyl (C=O) groups is 1. The van der Waals surface area contributed by atoms with E-state index >= 15 is 0 Å². The van der Waals surface area contributed by atoms with E-state index in [2.05, 4.69) is 29.2 Å². The fourth-order valence-electron chi connectivity index (χ4n) is 4.55. The molecule has 2 heterocycles.